The molecule has 3 heteroatoms. The number of hydrogen-bond acceptors (Lipinski definition) is 3. The van der Waals surface area contributed by atoms with Gasteiger partial charge in [0.15, 0.2) is 0 Å². The minimum atomic E-state index is 0.104. The number of benzene rings is 2. The lowest BCUT2D eigenvalue weighted by Crippen LogP contribution is -2.34. The first-order valence-corrected chi connectivity index (χ1v) is 7.40. The van der Waals surface area contributed by atoms with E-state index in [1.165, 1.54) is 16.7 Å². The second-order valence-corrected chi connectivity index (χ2v) is 5.83. The molecule has 3 rings (SSSR count). The van der Waals surface area contributed by atoms with Crippen molar-refractivity contribution in [1.29, 1.82) is 0 Å². The summed E-state index contributed by atoms with van der Waals surface area (Å²) in [4.78, 5) is 0. The summed E-state index contributed by atoms with van der Waals surface area (Å²) < 4.78 is 5.52. The number of methoxy groups -OCH3 is 1. The lowest BCUT2D eigenvalue weighted by atomic mass is 9.89. The normalized spacial score (nSPS) is 15.8. The summed E-state index contributed by atoms with van der Waals surface area (Å²) in [5.41, 5.74) is 8.27. The van der Waals surface area contributed by atoms with Gasteiger partial charge in [-0.2, -0.15) is 0 Å². The molecule has 110 valence electrons. The van der Waals surface area contributed by atoms with Gasteiger partial charge in [-0.1, -0.05) is 42.0 Å². The molecule has 0 spiro atoms. The fourth-order valence-corrected chi connectivity index (χ4v) is 3.41. The Kier molecular flexibility index (Phi) is 3.95. The monoisotopic (exact) mass is 282 g/mol. The molecule has 0 bridgehead atoms. The van der Waals surface area contributed by atoms with E-state index in [1.807, 2.05) is 6.07 Å². The second kappa shape index (κ2) is 5.88. The number of ether oxygens (including phenoxy) is 1. The molecule has 0 aliphatic heterocycles. The summed E-state index contributed by atoms with van der Waals surface area (Å²) in [7, 11) is 1.71. The Morgan fingerprint density at radius 2 is 1.81 bits per heavy atom. The SMILES string of the molecule is COc1ccc(C)cc1C(NN)C1Cc2ccccc2C1. The molecular weight excluding hydrogens is 260 g/mol. The molecule has 0 fully saturated rings. The quantitative estimate of drug-likeness (QED) is 0.669. The molecule has 2 aromatic carbocycles. The second-order valence-electron chi connectivity index (χ2n) is 5.83. The van der Waals surface area contributed by atoms with Crippen LogP contribution in [0.3, 0.4) is 0 Å². The molecule has 0 radical (unpaired) electrons. The molecule has 1 aliphatic carbocycles. The first-order chi connectivity index (χ1) is 10.2. The highest BCUT2D eigenvalue weighted by Crippen LogP contribution is 2.38. The Labute approximate surface area is 126 Å². The standard InChI is InChI=1S/C18H22N2O/c1-12-7-8-17(21-2)16(9-12)18(20-19)15-10-13-5-3-4-6-14(13)11-15/h3-9,15,18,20H,10-11,19H2,1-2H3. The van der Waals surface area contributed by atoms with Crippen LogP contribution in [0.25, 0.3) is 0 Å². The minimum Gasteiger partial charge on any atom is -0.496 e. The van der Waals surface area contributed by atoms with Crippen molar-refractivity contribution in [3.63, 3.8) is 0 Å². The highest BCUT2D eigenvalue weighted by atomic mass is 16.5. The number of aryl methyl sites for hydroxylation is 1. The van der Waals surface area contributed by atoms with Crippen LogP contribution in [0.5, 0.6) is 5.75 Å². The zero-order chi connectivity index (χ0) is 14.8. The first kappa shape index (κ1) is 14.1. The summed E-state index contributed by atoms with van der Waals surface area (Å²) in [5, 5.41) is 0. The van der Waals surface area contributed by atoms with Gasteiger partial charge in [-0.05, 0) is 42.9 Å². The number of rotatable bonds is 4. The van der Waals surface area contributed by atoms with E-state index < -0.39 is 0 Å². The Hall–Kier alpha value is -1.84. The maximum absolute atomic E-state index is 5.89. The largest absolute Gasteiger partial charge is 0.496 e. The number of hydrogen-bond donors (Lipinski definition) is 2. The van der Waals surface area contributed by atoms with E-state index in [0.29, 0.717) is 5.92 Å². The van der Waals surface area contributed by atoms with Gasteiger partial charge in [0.2, 0.25) is 0 Å². The van der Waals surface area contributed by atoms with E-state index in [9.17, 15) is 0 Å². The van der Waals surface area contributed by atoms with Crippen molar-refractivity contribution in [2.45, 2.75) is 25.8 Å². The van der Waals surface area contributed by atoms with E-state index in [2.05, 4.69) is 48.7 Å². The van der Waals surface area contributed by atoms with E-state index in [-0.39, 0.29) is 6.04 Å². The lowest BCUT2D eigenvalue weighted by molar-refractivity contribution is 0.352. The fourth-order valence-electron chi connectivity index (χ4n) is 3.41. The van der Waals surface area contributed by atoms with Gasteiger partial charge in [0.05, 0.1) is 13.2 Å². The zero-order valence-electron chi connectivity index (χ0n) is 12.6. The van der Waals surface area contributed by atoms with Gasteiger partial charge in [-0.15, -0.1) is 0 Å². The highest BCUT2D eigenvalue weighted by molar-refractivity contribution is 5.41. The molecule has 0 aromatic heterocycles. The summed E-state index contributed by atoms with van der Waals surface area (Å²) in [6.07, 6.45) is 2.12. The van der Waals surface area contributed by atoms with Crippen molar-refractivity contribution in [1.82, 2.24) is 5.43 Å². The fraction of sp³-hybridized carbons (Fsp3) is 0.333. The number of nitrogens with two attached hydrogens (primary N) is 1. The van der Waals surface area contributed by atoms with Crippen LogP contribution in [-0.2, 0) is 12.8 Å². The van der Waals surface area contributed by atoms with E-state index in [4.69, 9.17) is 10.6 Å². The molecule has 0 heterocycles. The van der Waals surface area contributed by atoms with Gasteiger partial charge < -0.3 is 4.74 Å². The Balaban J connectivity index is 1.92. The van der Waals surface area contributed by atoms with Crippen LogP contribution in [0.4, 0.5) is 0 Å². The third-order valence-electron chi connectivity index (χ3n) is 4.45. The predicted molar refractivity (Wildman–Crippen MR) is 85.1 cm³/mol. The van der Waals surface area contributed by atoms with Crippen molar-refractivity contribution in [2.75, 3.05) is 7.11 Å². The molecule has 0 saturated carbocycles. The number of fused-ring (bicyclic) bond motifs is 1. The average molecular weight is 282 g/mol. The molecule has 3 N–H and O–H groups in total. The molecule has 2 aromatic rings. The van der Waals surface area contributed by atoms with Crippen molar-refractivity contribution in [2.24, 2.45) is 11.8 Å². The first-order valence-electron chi connectivity index (χ1n) is 7.40. The smallest absolute Gasteiger partial charge is 0.123 e. The van der Waals surface area contributed by atoms with Gasteiger partial charge in [0, 0.05) is 5.56 Å². The Morgan fingerprint density at radius 3 is 2.38 bits per heavy atom. The maximum Gasteiger partial charge on any atom is 0.123 e. The van der Waals surface area contributed by atoms with Crippen LogP contribution in [0.1, 0.15) is 28.3 Å². The van der Waals surface area contributed by atoms with Gasteiger partial charge in [-0.3, -0.25) is 11.3 Å². The van der Waals surface area contributed by atoms with Gasteiger partial charge >= 0.3 is 0 Å². The van der Waals surface area contributed by atoms with Crippen LogP contribution in [0, 0.1) is 12.8 Å². The molecule has 0 amide bonds. The van der Waals surface area contributed by atoms with Crippen LogP contribution in [-0.4, -0.2) is 7.11 Å². The van der Waals surface area contributed by atoms with Crippen LogP contribution in [0.15, 0.2) is 42.5 Å². The van der Waals surface area contributed by atoms with Crippen molar-refractivity contribution < 1.29 is 4.74 Å². The third kappa shape index (κ3) is 2.67. The van der Waals surface area contributed by atoms with Crippen molar-refractivity contribution in [3.05, 3.63) is 64.7 Å². The van der Waals surface area contributed by atoms with Crippen LogP contribution in [0.2, 0.25) is 0 Å². The molecule has 1 unspecified atom stereocenters. The summed E-state index contributed by atoms with van der Waals surface area (Å²) in [6, 6.07) is 15.0. The van der Waals surface area contributed by atoms with Gasteiger partial charge in [0.1, 0.15) is 5.75 Å². The van der Waals surface area contributed by atoms with Gasteiger partial charge in [-0.25, -0.2) is 0 Å². The topological polar surface area (TPSA) is 47.3 Å². The molecule has 0 saturated heterocycles. The lowest BCUT2D eigenvalue weighted by Gasteiger charge is -2.25. The van der Waals surface area contributed by atoms with E-state index >= 15 is 0 Å². The summed E-state index contributed by atoms with van der Waals surface area (Å²) >= 11 is 0. The number of nitrogens with one attached hydrogen (secondary N) is 1. The molecular formula is C18H22N2O. The Morgan fingerprint density at radius 1 is 1.14 bits per heavy atom. The summed E-state index contributed by atoms with van der Waals surface area (Å²) in [5.74, 6) is 7.25. The van der Waals surface area contributed by atoms with Crippen LogP contribution >= 0.6 is 0 Å². The Bertz CT molecular complexity index is 614. The molecule has 1 aliphatic rings. The minimum absolute atomic E-state index is 0.104. The van der Waals surface area contributed by atoms with Crippen LogP contribution < -0.4 is 16.0 Å². The van der Waals surface area contributed by atoms with E-state index in [0.717, 1.165) is 24.2 Å². The molecule has 21 heavy (non-hydrogen) atoms. The molecule has 1 atom stereocenters. The summed E-state index contributed by atoms with van der Waals surface area (Å²) in [6.45, 7) is 2.10. The molecule has 3 nitrogen and oxygen atoms in total. The number of hydrazine groups is 1. The van der Waals surface area contributed by atoms with Crippen molar-refractivity contribution >= 4 is 0 Å². The maximum atomic E-state index is 5.89. The zero-order valence-corrected chi connectivity index (χ0v) is 12.6. The average Bonchev–Trinajstić information content (AvgIpc) is 2.92. The predicted octanol–water partition coefficient (Wildman–Crippen LogP) is 2.92. The van der Waals surface area contributed by atoms with E-state index in [1.54, 1.807) is 7.11 Å². The van der Waals surface area contributed by atoms with Crippen molar-refractivity contribution in [3.8, 4) is 5.75 Å². The van der Waals surface area contributed by atoms with Gasteiger partial charge in [0.25, 0.3) is 0 Å². The highest BCUT2D eigenvalue weighted by Gasteiger charge is 2.30. The third-order valence-corrected chi connectivity index (χ3v) is 4.45.